The SMILES string of the molecule is C[C@H]1C(=O)C[C@@H]2C[C@H]1OO[C@]2(C)/C=C\c1ccc(C(F)(F)F)cc1Cl. The van der Waals surface area contributed by atoms with Crippen molar-refractivity contribution >= 4 is 23.5 Å². The summed E-state index contributed by atoms with van der Waals surface area (Å²) in [6.07, 6.45) is -0.286. The van der Waals surface area contributed by atoms with E-state index in [-0.39, 0.29) is 28.7 Å². The van der Waals surface area contributed by atoms with Gasteiger partial charge in [-0.15, -0.1) is 0 Å². The van der Waals surface area contributed by atoms with Crippen LogP contribution in [0.1, 0.15) is 37.8 Å². The Bertz CT molecular complexity index is 716. The van der Waals surface area contributed by atoms with E-state index in [0.29, 0.717) is 18.4 Å². The topological polar surface area (TPSA) is 35.5 Å². The molecule has 2 fully saturated rings. The Morgan fingerprint density at radius 2 is 2.08 bits per heavy atom. The molecule has 7 heteroatoms. The van der Waals surface area contributed by atoms with Crippen molar-refractivity contribution < 1.29 is 27.7 Å². The van der Waals surface area contributed by atoms with E-state index in [2.05, 4.69) is 0 Å². The smallest absolute Gasteiger partial charge is 0.299 e. The Morgan fingerprint density at radius 1 is 1.36 bits per heavy atom. The number of ketones is 1. The second-order valence-electron chi connectivity index (χ2n) is 6.86. The number of carbonyl (C=O) groups is 1. The molecular formula is C18H18ClF3O3. The summed E-state index contributed by atoms with van der Waals surface area (Å²) in [7, 11) is 0. The number of carbonyl (C=O) groups excluding carboxylic acids is 1. The van der Waals surface area contributed by atoms with E-state index >= 15 is 0 Å². The Morgan fingerprint density at radius 3 is 2.72 bits per heavy atom. The van der Waals surface area contributed by atoms with Crippen LogP contribution in [0.15, 0.2) is 24.3 Å². The largest absolute Gasteiger partial charge is 0.416 e. The second-order valence-corrected chi connectivity index (χ2v) is 7.27. The zero-order valence-corrected chi connectivity index (χ0v) is 14.5. The van der Waals surface area contributed by atoms with Gasteiger partial charge < -0.3 is 0 Å². The molecule has 0 N–H and O–H groups in total. The number of hydrogen-bond donors (Lipinski definition) is 0. The van der Waals surface area contributed by atoms with Crippen molar-refractivity contribution in [1.82, 2.24) is 0 Å². The summed E-state index contributed by atoms with van der Waals surface area (Å²) in [6.45, 7) is 3.62. The van der Waals surface area contributed by atoms with Crippen LogP contribution in [0.2, 0.25) is 5.02 Å². The average molecular weight is 375 g/mol. The molecule has 3 rings (SSSR count). The van der Waals surface area contributed by atoms with Crippen molar-refractivity contribution in [2.24, 2.45) is 11.8 Å². The Hall–Kier alpha value is -1.37. The molecule has 4 atom stereocenters. The number of hydrogen-bond acceptors (Lipinski definition) is 3. The molecule has 0 amide bonds. The first kappa shape index (κ1) is 18.4. The molecule has 0 unspecified atom stereocenters. The summed E-state index contributed by atoms with van der Waals surface area (Å²) in [4.78, 5) is 23.0. The number of benzene rings is 1. The summed E-state index contributed by atoms with van der Waals surface area (Å²) < 4.78 is 38.1. The highest BCUT2D eigenvalue weighted by molar-refractivity contribution is 6.32. The minimum Gasteiger partial charge on any atom is -0.299 e. The van der Waals surface area contributed by atoms with E-state index in [1.165, 1.54) is 6.07 Å². The van der Waals surface area contributed by atoms with Gasteiger partial charge in [0.05, 0.1) is 5.56 Å². The summed E-state index contributed by atoms with van der Waals surface area (Å²) in [5, 5.41) is -0.00220. The van der Waals surface area contributed by atoms with E-state index in [1.54, 1.807) is 19.1 Å². The molecule has 1 saturated heterocycles. The van der Waals surface area contributed by atoms with Gasteiger partial charge in [0.1, 0.15) is 17.5 Å². The molecule has 0 aromatic heterocycles. The lowest BCUT2D eigenvalue weighted by Crippen LogP contribution is -2.51. The Kier molecular flexibility index (Phi) is 4.73. The number of Topliss-reactive ketones (excluding diaryl/α,β-unsaturated/α-hetero) is 1. The molecule has 1 aliphatic heterocycles. The van der Waals surface area contributed by atoms with Crippen LogP contribution in [0.4, 0.5) is 13.2 Å². The zero-order chi connectivity index (χ0) is 18.4. The lowest BCUT2D eigenvalue weighted by molar-refractivity contribution is -0.415. The fourth-order valence-electron chi connectivity index (χ4n) is 3.25. The van der Waals surface area contributed by atoms with Crippen molar-refractivity contribution in [1.29, 1.82) is 0 Å². The van der Waals surface area contributed by atoms with Gasteiger partial charge in [0.2, 0.25) is 0 Å². The second kappa shape index (κ2) is 6.41. The standard InChI is InChI=1S/C18H18ClF3O3/c1-10-15(23)8-13-9-16(10)24-25-17(13,2)6-5-11-3-4-12(7-14(11)19)18(20,21)22/h3-7,10,13,16H,8-9H2,1-2H3/b6-5-/t10-,13+,16+,17+/m0/s1. The maximum absolute atomic E-state index is 12.7. The van der Waals surface area contributed by atoms with Gasteiger partial charge in [0.15, 0.2) is 0 Å². The van der Waals surface area contributed by atoms with Crippen LogP contribution in [-0.4, -0.2) is 17.5 Å². The molecule has 2 aliphatic rings. The Labute approximate surface area is 148 Å². The Balaban J connectivity index is 1.81. The van der Waals surface area contributed by atoms with Crippen molar-refractivity contribution in [3.63, 3.8) is 0 Å². The maximum atomic E-state index is 12.7. The van der Waals surface area contributed by atoms with Gasteiger partial charge in [-0.25, -0.2) is 9.78 Å². The molecule has 2 bridgehead atoms. The normalized spacial score (nSPS) is 33.0. The van der Waals surface area contributed by atoms with Gasteiger partial charge >= 0.3 is 6.18 Å². The van der Waals surface area contributed by atoms with Crippen LogP contribution in [0, 0.1) is 11.8 Å². The van der Waals surface area contributed by atoms with Gasteiger partial charge in [-0.05, 0) is 37.1 Å². The van der Waals surface area contributed by atoms with E-state index in [9.17, 15) is 18.0 Å². The molecule has 1 aliphatic carbocycles. The molecular weight excluding hydrogens is 357 g/mol. The first-order chi connectivity index (χ1) is 11.6. The van der Waals surface area contributed by atoms with Crippen molar-refractivity contribution in [3.8, 4) is 0 Å². The van der Waals surface area contributed by atoms with Crippen molar-refractivity contribution in [2.75, 3.05) is 0 Å². The third-order valence-corrected chi connectivity index (χ3v) is 5.44. The van der Waals surface area contributed by atoms with Crippen LogP contribution < -0.4 is 0 Å². The van der Waals surface area contributed by atoms with Crippen LogP contribution in [-0.2, 0) is 20.7 Å². The number of alkyl halides is 3. The highest BCUT2D eigenvalue weighted by Crippen LogP contribution is 2.43. The van der Waals surface area contributed by atoms with Crippen LogP contribution >= 0.6 is 11.6 Å². The molecule has 25 heavy (non-hydrogen) atoms. The highest BCUT2D eigenvalue weighted by Gasteiger charge is 2.48. The minimum atomic E-state index is -4.44. The predicted molar refractivity (Wildman–Crippen MR) is 86.7 cm³/mol. The molecule has 3 nitrogen and oxygen atoms in total. The minimum absolute atomic E-state index is 0.00220. The lowest BCUT2D eigenvalue weighted by atomic mass is 9.71. The predicted octanol–water partition coefficient (Wildman–Crippen LogP) is 5.08. The fraction of sp³-hybridized carbons (Fsp3) is 0.500. The maximum Gasteiger partial charge on any atom is 0.416 e. The van der Waals surface area contributed by atoms with E-state index < -0.39 is 17.3 Å². The first-order valence-corrected chi connectivity index (χ1v) is 8.41. The van der Waals surface area contributed by atoms with Crippen LogP contribution in [0.25, 0.3) is 6.08 Å². The van der Waals surface area contributed by atoms with Crippen molar-refractivity contribution in [3.05, 3.63) is 40.4 Å². The molecule has 136 valence electrons. The number of fused-ring (bicyclic) bond motifs is 2. The number of halogens is 4. The van der Waals surface area contributed by atoms with Gasteiger partial charge in [-0.3, -0.25) is 4.79 Å². The monoisotopic (exact) mass is 374 g/mol. The van der Waals surface area contributed by atoms with Gasteiger partial charge in [-0.1, -0.05) is 30.7 Å². The fourth-order valence-corrected chi connectivity index (χ4v) is 3.50. The summed E-state index contributed by atoms with van der Waals surface area (Å²) in [5.74, 6) is -0.0923. The van der Waals surface area contributed by atoms with Crippen LogP contribution in [0.3, 0.4) is 0 Å². The molecule has 1 heterocycles. The van der Waals surface area contributed by atoms with Crippen molar-refractivity contribution in [2.45, 2.75) is 44.6 Å². The molecule has 1 aromatic carbocycles. The van der Waals surface area contributed by atoms with Gasteiger partial charge in [-0.2, -0.15) is 13.2 Å². The molecule has 1 aromatic rings. The van der Waals surface area contributed by atoms with Crippen LogP contribution in [0.5, 0.6) is 0 Å². The van der Waals surface area contributed by atoms with E-state index in [1.807, 2.05) is 6.92 Å². The van der Waals surface area contributed by atoms with Gasteiger partial charge in [0, 0.05) is 23.3 Å². The highest BCUT2D eigenvalue weighted by atomic mass is 35.5. The summed E-state index contributed by atoms with van der Waals surface area (Å²) in [5.41, 5.74) is -1.19. The van der Waals surface area contributed by atoms with E-state index in [4.69, 9.17) is 21.4 Å². The van der Waals surface area contributed by atoms with E-state index in [0.717, 1.165) is 12.1 Å². The molecule has 1 saturated carbocycles. The zero-order valence-electron chi connectivity index (χ0n) is 13.8. The third kappa shape index (κ3) is 3.61. The quantitative estimate of drug-likeness (QED) is 0.677. The van der Waals surface area contributed by atoms with Gasteiger partial charge in [0.25, 0.3) is 0 Å². The molecule has 0 spiro atoms. The molecule has 0 radical (unpaired) electrons. The third-order valence-electron chi connectivity index (χ3n) is 5.11. The number of rotatable bonds is 2. The summed E-state index contributed by atoms with van der Waals surface area (Å²) in [6, 6.07) is 3.18. The first-order valence-electron chi connectivity index (χ1n) is 8.03. The lowest BCUT2D eigenvalue weighted by Gasteiger charge is -2.45. The summed E-state index contributed by atoms with van der Waals surface area (Å²) >= 11 is 5.97. The average Bonchev–Trinajstić information content (AvgIpc) is 2.53.